The Morgan fingerprint density at radius 2 is 1.86 bits per heavy atom. The lowest BCUT2D eigenvalue weighted by molar-refractivity contribution is -0.123. The Morgan fingerprint density at radius 3 is 2.36 bits per heavy atom. The van der Waals surface area contributed by atoms with E-state index < -0.39 is 17.1 Å². The number of carbonyl (C=O) groups excluding carboxylic acids is 2. The Bertz CT molecular complexity index is 615. The lowest BCUT2D eigenvalue weighted by atomic mass is 9.77. The number of nitrogens with zero attached hydrogens (tertiary/aromatic N) is 1. The average Bonchev–Trinajstić information content (AvgIpc) is 2.64. The maximum Gasteiger partial charge on any atom is 0.421 e. The van der Waals surface area contributed by atoms with Crippen LogP contribution in [0, 0.1) is 0 Å². The van der Waals surface area contributed by atoms with Gasteiger partial charge < -0.3 is 4.74 Å². The molecule has 4 nitrogen and oxygen atoms in total. The van der Waals surface area contributed by atoms with E-state index in [1.165, 1.54) is 4.90 Å². The highest BCUT2D eigenvalue weighted by atomic mass is 79.9. The number of anilines is 1. The van der Waals surface area contributed by atoms with E-state index >= 15 is 0 Å². The molecule has 0 N–H and O–H groups in total. The molecular weight excluding hydrogens is 346 g/mol. The molecule has 0 unspecified atom stereocenters. The number of ether oxygens (including phenoxy) is 1. The SMILES string of the molecule is CCC1(CC)C(=O)N(C(=O)OC(C)(C)C)c2cc(Br)ccc21. The largest absolute Gasteiger partial charge is 0.443 e. The zero-order valence-electron chi connectivity index (χ0n) is 13.7. The van der Waals surface area contributed by atoms with Crippen molar-refractivity contribution in [3.05, 3.63) is 28.2 Å². The number of fused-ring (bicyclic) bond motifs is 1. The fourth-order valence-corrected chi connectivity index (χ4v) is 3.30. The van der Waals surface area contributed by atoms with Gasteiger partial charge in [-0.05, 0) is 51.3 Å². The van der Waals surface area contributed by atoms with Crippen LogP contribution in [0.4, 0.5) is 10.5 Å². The number of hydrogen-bond acceptors (Lipinski definition) is 3. The summed E-state index contributed by atoms with van der Waals surface area (Å²) in [6, 6.07) is 5.64. The molecule has 0 radical (unpaired) electrons. The van der Waals surface area contributed by atoms with Crippen molar-refractivity contribution in [3.8, 4) is 0 Å². The van der Waals surface area contributed by atoms with Crippen LogP contribution in [0.3, 0.4) is 0 Å². The van der Waals surface area contributed by atoms with Crippen LogP contribution in [-0.4, -0.2) is 17.6 Å². The van der Waals surface area contributed by atoms with Gasteiger partial charge in [0, 0.05) is 4.47 Å². The van der Waals surface area contributed by atoms with Crippen molar-refractivity contribution in [1.29, 1.82) is 0 Å². The minimum Gasteiger partial charge on any atom is -0.443 e. The van der Waals surface area contributed by atoms with Crippen LogP contribution in [0.2, 0.25) is 0 Å². The topological polar surface area (TPSA) is 46.6 Å². The summed E-state index contributed by atoms with van der Waals surface area (Å²) in [5.74, 6) is -0.195. The van der Waals surface area contributed by atoms with Gasteiger partial charge in [-0.15, -0.1) is 0 Å². The average molecular weight is 368 g/mol. The Labute approximate surface area is 140 Å². The van der Waals surface area contributed by atoms with Crippen LogP contribution in [-0.2, 0) is 14.9 Å². The number of carbonyl (C=O) groups is 2. The van der Waals surface area contributed by atoms with Crippen molar-refractivity contribution in [1.82, 2.24) is 0 Å². The maximum absolute atomic E-state index is 13.0. The molecule has 0 fully saturated rings. The first-order valence-electron chi connectivity index (χ1n) is 7.54. The first kappa shape index (κ1) is 17.0. The molecule has 120 valence electrons. The molecule has 5 heteroatoms. The molecule has 0 aromatic heterocycles. The van der Waals surface area contributed by atoms with E-state index in [1.54, 1.807) is 20.8 Å². The zero-order chi connectivity index (χ0) is 16.7. The summed E-state index contributed by atoms with van der Waals surface area (Å²) in [4.78, 5) is 26.7. The summed E-state index contributed by atoms with van der Waals surface area (Å²) >= 11 is 3.41. The molecule has 1 aromatic carbocycles. The van der Waals surface area contributed by atoms with Crippen molar-refractivity contribution in [2.24, 2.45) is 0 Å². The van der Waals surface area contributed by atoms with E-state index in [-0.39, 0.29) is 5.91 Å². The summed E-state index contributed by atoms with van der Waals surface area (Å²) < 4.78 is 6.25. The first-order chi connectivity index (χ1) is 10.2. The quantitative estimate of drug-likeness (QED) is 0.754. The van der Waals surface area contributed by atoms with Gasteiger partial charge in [0.25, 0.3) is 0 Å². The molecule has 22 heavy (non-hydrogen) atoms. The summed E-state index contributed by atoms with van der Waals surface area (Å²) in [7, 11) is 0. The van der Waals surface area contributed by atoms with Crippen molar-refractivity contribution < 1.29 is 14.3 Å². The molecular formula is C17H22BrNO3. The first-order valence-corrected chi connectivity index (χ1v) is 8.33. The highest BCUT2D eigenvalue weighted by molar-refractivity contribution is 9.10. The van der Waals surface area contributed by atoms with Gasteiger partial charge >= 0.3 is 6.09 Å². The third-order valence-corrected chi connectivity index (χ3v) is 4.61. The summed E-state index contributed by atoms with van der Waals surface area (Å²) in [6.07, 6.45) is 0.688. The lowest BCUT2D eigenvalue weighted by Crippen LogP contribution is -2.44. The lowest BCUT2D eigenvalue weighted by Gasteiger charge is -2.27. The van der Waals surface area contributed by atoms with E-state index in [0.717, 1.165) is 10.0 Å². The monoisotopic (exact) mass is 367 g/mol. The van der Waals surface area contributed by atoms with Crippen molar-refractivity contribution in [3.63, 3.8) is 0 Å². The highest BCUT2D eigenvalue weighted by Gasteiger charge is 2.51. The molecule has 2 amide bonds. The highest BCUT2D eigenvalue weighted by Crippen LogP contribution is 2.47. The molecule has 0 bridgehead atoms. The minimum atomic E-state index is -0.646. The van der Waals surface area contributed by atoms with Gasteiger partial charge in [0.2, 0.25) is 5.91 Å². The summed E-state index contributed by atoms with van der Waals surface area (Å²) in [5, 5.41) is 0. The molecule has 0 saturated heterocycles. The number of benzene rings is 1. The second-order valence-corrected chi connectivity index (χ2v) is 7.49. The van der Waals surface area contributed by atoms with Gasteiger partial charge in [-0.2, -0.15) is 0 Å². The van der Waals surface area contributed by atoms with Crippen molar-refractivity contribution in [2.75, 3.05) is 4.90 Å². The molecule has 0 atom stereocenters. The Kier molecular flexibility index (Phi) is 4.39. The van der Waals surface area contributed by atoms with Gasteiger partial charge in [0.15, 0.2) is 0 Å². The molecule has 0 aliphatic carbocycles. The van der Waals surface area contributed by atoms with E-state index in [9.17, 15) is 9.59 Å². The predicted octanol–water partition coefficient (Wildman–Crippen LogP) is 4.79. The van der Waals surface area contributed by atoms with Gasteiger partial charge in [-0.25, -0.2) is 9.69 Å². The molecule has 1 aliphatic rings. The Morgan fingerprint density at radius 1 is 1.27 bits per heavy atom. The summed E-state index contributed by atoms with van der Waals surface area (Å²) in [6.45, 7) is 9.33. The van der Waals surface area contributed by atoms with Crippen molar-refractivity contribution in [2.45, 2.75) is 58.5 Å². The van der Waals surface area contributed by atoms with Crippen LogP contribution in [0.15, 0.2) is 22.7 Å². The van der Waals surface area contributed by atoms with Gasteiger partial charge in [0.1, 0.15) is 5.60 Å². The molecule has 0 saturated carbocycles. The van der Waals surface area contributed by atoms with Crippen LogP contribution in [0.5, 0.6) is 0 Å². The second-order valence-electron chi connectivity index (χ2n) is 6.57. The van der Waals surface area contributed by atoms with Crippen LogP contribution < -0.4 is 4.90 Å². The Balaban J connectivity index is 2.56. The van der Waals surface area contributed by atoms with E-state index in [4.69, 9.17) is 4.74 Å². The molecule has 1 heterocycles. The van der Waals surface area contributed by atoms with Gasteiger partial charge in [-0.3, -0.25) is 4.79 Å². The molecule has 0 spiro atoms. The fourth-order valence-electron chi connectivity index (χ4n) is 2.96. The van der Waals surface area contributed by atoms with E-state index in [2.05, 4.69) is 15.9 Å². The standard InChI is InChI=1S/C17H22BrNO3/c1-6-17(7-2)12-9-8-11(18)10-13(12)19(14(17)20)15(21)22-16(3,4)5/h8-10H,6-7H2,1-5H3. The van der Waals surface area contributed by atoms with Crippen LogP contribution >= 0.6 is 15.9 Å². The summed E-state index contributed by atoms with van der Waals surface area (Å²) in [5.41, 5.74) is 0.231. The number of rotatable bonds is 2. The number of hydrogen-bond donors (Lipinski definition) is 0. The molecule has 2 rings (SSSR count). The van der Waals surface area contributed by atoms with Crippen LogP contribution in [0.25, 0.3) is 0 Å². The Hall–Kier alpha value is -1.36. The maximum atomic E-state index is 13.0. The second kappa shape index (κ2) is 5.69. The molecule has 1 aromatic rings. The van der Waals surface area contributed by atoms with Crippen LogP contribution in [0.1, 0.15) is 53.0 Å². The fraction of sp³-hybridized carbons (Fsp3) is 0.529. The normalized spacial score (nSPS) is 16.6. The van der Waals surface area contributed by atoms with Crippen molar-refractivity contribution >= 4 is 33.6 Å². The minimum absolute atomic E-state index is 0.195. The molecule has 1 aliphatic heterocycles. The predicted molar refractivity (Wildman–Crippen MR) is 90.1 cm³/mol. The van der Waals surface area contributed by atoms with Gasteiger partial charge in [-0.1, -0.05) is 35.8 Å². The van der Waals surface area contributed by atoms with E-state index in [1.807, 2.05) is 32.0 Å². The third kappa shape index (κ3) is 2.67. The number of imide groups is 1. The number of halogens is 1. The number of amides is 2. The van der Waals surface area contributed by atoms with E-state index in [0.29, 0.717) is 18.5 Å². The smallest absolute Gasteiger partial charge is 0.421 e. The van der Waals surface area contributed by atoms with Gasteiger partial charge in [0.05, 0.1) is 11.1 Å². The zero-order valence-corrected chi connectivity index (χ0v) is 15.3. The third-order valence-electron chi connectivity index (χ3n) is 4.11.